The molecule has 0 heterocycles. The lowest BCUT2D eigenvalue weighted by molar-refractivity contribution is -0.137. The first-order valence-corrected chi connectivity index (χ1v) is 49.0. The van der Waals surface area contributed by atoms with Gasteiger partial charge in [-0.05, 0) is 320 Å². The minimum atomic E-state index is -4.57. The second-order valence-electron chi connectivity index (χ2n) is 33.5. The molecule has 14 aromatic carbocycles. The van der Waals surface area contributed by atoms with Crippen molar-refractivity contribution >= 4 is 115 Å². The second-order valence-corrected chi connectivity index (χ2v) is 40.5. The van der Waals surface area contributed by atoms with E-state index in [0.29, 0.717) is 64.6 Å². The van der Waals surface area contributed by atoms with Gasteiger partial charge >= 0.3 is 18.2 Å². The number of hydrogen-bond donors (Lipinski definition) is 8. The Labute approximate surface area is 808 Å². The molecule has 20 nitrogen and oxygen atoms in total. The van der Waals surface area contributed by atoms with E-state index in [-0.39, 0.29) is 29.9 Å². The van der Waals surface area contributed by atoms with E-state index in [1.807, 2.05) is 204 Å². The first kappa shape index (κ1) is 97.2. The number of thiocarbonyl (C=S) groups is 2. The van der Waals surface area contributed by atoms with Crippen LogP contribution in [0.15, 0.2) is 337 Å². The minimum Gasteiger partial charge on any atom is -0.497 e. The van der Waals surface area contributed by atoms with Crippen LogP contribution in [0.1, 0.15) is 90.9 Å². The molecule has 0 saturated heterocycles. The number of alkyl halides is 3. The van der Waals surface area contributed by atoms with Gasteiger partial charge in [0.15, 0.2) is 10.2 Å². The molecule has 14 aromatic rings. The predicted octanol–water partition coefficient (Wildman–Crippen LogP) is 22.1. The monoisotopic (exact) mass is 1910 g/mol. The van der Waals surface area contributed by atoms with E-state index in [4.69, 9.17) is 71.8 Å². The van der Waals surface area contributed by atoms with Crippen molar-refractivity contribution in [1.29, 1.82) is 0 Å². The third kappa shape index (κ3) is 23.6. The maximum atomic E-state index is 13.6. The van der Waals surface area contributed by atoms with Gasteiger partial charge in [0.2, 0.25) is 0 Å². The lowest BCUT2D eigenvalue weighted by atomic mass is 10.1. The van der Waals surface area contributed by atoms with Crippen molar-refractivity contribution in [2.24, 2.45) is 9.49 Å². The number of carbonyl (C=O) groups excluding carboxylic acids is 2. The predicted molar refractivity (Wildman–Crippen MR) is 555 cm³/mol. The van der Waals surface area contributed by atoms with Crippen LogP contribution in [0.2, 0.25) is 0 Å². The molecule has 0 saturated carbocycles. The zero-order valence-electron chi connectivity index (χ0n) is 77.8. The number of hydrogen-bond acceptors (Lipinski definition) is 14. The third-order valence-electron chi connectivity index (χ3n) is 24.0. The number of carbonyl (C=O) groups is 2. The SMILES string of the molecule is COc1ccc(P(=NC[C@@H](NC(=S)N[C@@H]2c3ccccc3C[C@H]2Oc2ccc(C)cc2NC(=O)Nc2cc(C)cc(C)c2)c2ccccc2)(c2ccc(OC)cc2)c2ccc(OC)cc2)cc1.COc1ccc(P(=NC[C@H](NC(=S)N[C@@H]2c3ccccc3C[C@H]2Oc2ccc(C)cc2NC(=O)Nc2cc(C)cc(C(F)(F)F)c2)c2ccccc2)(c2ccc(OC)cc2)c2ccc(OC)cc2)cc1. The van der Waals surface area contributed by atoms with Gasteiger partial charge in [-0.1, -0.05) is 127 Å². The van der Waals surface area contributed by atoms with Crippen LogP contribution in [0.5, 0.6) is 46.0 Å². The van der Waals surface area contributed by atoms with E-state index in [9.17, 15) is 22.8 Å². The summed E-state index contributed by atoms with van der Waals surface area (Å²) < 4.78 is 99.8. The molecule has 4 amide bonds. The Hall–Kier alpha value is -14.4. The first-order chi connectivity index (χ1) is 66.3. The van der Waals surface area contributed by atoms with Crippen LogP contribution in [0.4, 0.5) is 45.5 Å². The van der Waals surface area contributed by atoms with Crippen LogP contribution in [0, 0.1) is 34.6 Å². The Kier molecular flexibility index (Phi) is 31.5. The molecule has 0 radical (unpaired) electrons. The third-order valence-corrected chi connectivity index (χ3v) is 32.0. The molecule has 0 fully saturated rings. The number of aryl methyl sites for hydroxylation is 5. The van der Waals surface area contributed by atoms with Gasteiger partial charge in [0.05, 0.1) is 111 Å². The summed E-state index contributed by atoms with van der Waals surface area (Å²) in [6.07, 6.45) is -4.27. The molecule has 6 atom stereocenters. The van der Waals surface area contributed by atoms with Crippen molar-refractivity contribution in [2.75, 3.05) is 77.0 Å². The van der Waals surface area contributed by atoms with Gasteiger partial charge < -0.3 is 80.4 Å². The summed E-state index contributed by atoms with van der Waals surface area (Å²) in [5.74, 6) is 5.40. The molecular weight excluding hydrogens is 1800 g/mol. The summed E-state index contributed by atoms with van der Waals surface area (Å²) in [6, 6.07) is 104. The summed E-state index contributed by atoms with van der Waals surface area (Å²) in [5.41, 5.74) is 11.4. The van der Waals surface area contributed by atoms with E-state index in [1.54, 1.807) is 54.8 Å². The van der Waals surface area contributed by atoms with E-state index in [1.165, 1.54) is 13.0 Å². The molecule has 27 heteroatoms. The molecule has 2 aliphatic carbocycles. The van der Waals surface area contributed by atoms with Gasteiger partial charge in [0.1, 0.15) is 58.2 Å². The fourth-order valence-electron chi connectivity index (χ4n) is 17.4. The molecule has 8 N–H and O–H groups in total. The van der Waals surface area contributed by atoms with Crippen molar-refractivity contribution in [3.05, 3.63) is 394 Å². The Bertz CT molecular complexity index is 6450. The lowest BCUT2D eigenvalue weighted by Gasteiger charge is -2.30. The number of anilines is 4. The molecule has 0 unspecified atom stereocenters. The van der Waals surface area contributed by atoms with E-state index in [2.05, 4.69) is 164 Å². The van der Waals surface area contributed by atoms with Crippen molar-refractivity contribution in [1.82, 2.24) is 21.3 Å². The fraction of sp³-hybridized carbons (Fsp3) is 0.200. The van der Waals surface area contributed by atoms with Gasteiger partial charge in [-0.25, -0.2) is 9.59 Å². The standard InChI is InChI=1S/C55H53F3N5O5PS.C55H56N5O5PS/c1-35-15-28-50(48(31-35)61-53(64)60-40-30-36(2)29-39(33-40)55(56,57)58)68-51-32-38-13-9-10-14-47(38)52(51)63-54(70)62-49(37-11-7-6-8-12-37)34-59-69(44-22-16-41(65-3)17-23-44,45-24-18-42(66-4)19-25-45)46-26-20-43(67-5)21-27-46;1-36-16-29-51(49(33-36)58-54(61)57-41-31-37(2)30-38(3)32-41)65-52-34-40-14-10-11-15-48(40)53(52)60-55(67)59-50(39-12-8-7-9-13-39)35-56-66(45-23-17-42(62-4)18-24-45,46-25-19-43(63-5)20-26-46)47-27-21-44(64-6)22-28-47/h6-31,33,49,51-52H,32,34H2,1-5H3,(H2,60,61,64)(H2,62,63,70);7-33,50,52-53H,34-35H2,1-6H3,(H2,57,58,61)(H2,59,60,67)/t49-,51+,52+;50-,52-,53-/m01/s1. The molecule has 0 aromatic heterocycles. The van der Waals surface area contributed by atoms with Crippen molar-refractivity contribution in [3.8, 4) is 46.0 Å². The Morgan fingerprint density at radius 1 is 0.358 bits per heavy atom. The molecule has 702 valence electrons. The number of amides is 4. The molecule has 0 aliphatic heterocycles. The summed E-state index contributed by atoms with van der Waals surface area (Å²) in [7, 11) is 4.46. The minimum absolute atomic E-state index is 0.00725. The maximum absolute atomic E-state index is 13.6. The average Bonchev–Trinajstić information content (AvgIpc) is 1.01. The van der Waals surface area contributed by atoms with Crippen LogP contribution < -0.4 is 112 Å². The van der Waals surface area contributed by atoms with Crippen LogP contribution in [-0.2, 0) is 19.0 Å². The number of nitrogens with zero attached hydrogens (tertiary/aromatic N) is 2. The number of nitrogens with one attached hydrogen (secondary N) is 8. The molecule has 16 rings (SSSR count). The van der Waals surface area contributed by atoms with Crippen molar-refractivity contribution in [2.45, 2.75) is 90.0 Å². The van der Waals surface area contributed by atoms with Crippen LogP contribution in [-0.4, -0.2) is 90.2 Å². The molecule has 0 spiro atoms. The van der Waals surface area contributed by atoms with Crippen molar-refractivity contribution in [3.63, 3.8) is 0 Å². The number of benzene rings is 14. The highest BCUT2D eigenvalue weighted by atomic mass is 32.1. The van der Waals surface area contributed by atoms with Crippen LogP contribution in [0.25, 0.3) is 0 Å². The fourth-order valence-corrected chi connectivity index (χ4v) is 25.0. The topological polar surface area (TPSA) is 229 Å². The number of fused-ring (bicyclic) bond motifs is 2. The van der Waals surface area contributed by atoms with Gasteiger partial charge in [-0.3, -0.25) is 9.49 Å². The van der Waals surface area contributed by atoms with Gasteiger partial charge in [0.25, 0.3) is 0 Å². The normalized spacial score (nSPS) is 14.6. The number of rotatable bonds is 30. The van der Waals surface area contributed by atoms with Gasteiger partial charge in [0, 0.05) is 56.0 Å². The zero-order valence-corrected chi connectivity index (χ0v) is 81.2. The second kappa shape index (κ2) is 44.4. The highest BCUT2D eigenvalue weighted by Crippen LogP contribution is 2.51. The smallest absolute Gasteiger partial charge is 0.416 e. The molecule has 2 aliphatic rings. The number of halogens is 3. The molecule has 0 bridgehead atoms. The number of urea groups is 2. The quantitative estimate of drug-likeness (QED) is 0.0155. The highest BCUT2D eigenvalue weighted by molar-refractivity contribution is 7.88. The Morgan fingerprint density at radius 2 is 0.657 bits per heavy atom. The first-order valence-electron chi connectivity index (χ1n) is 44.7. The summed E-state index contributed by atoms with van der Waals surface area (Å²) >= 11 is 12.4. The van der Waals surface area contributed by atoms with E-state index in [0.717, 1.165) is 140 Å². The van der Waals surface area contributed by atoms with Crippen molar-refractivity contribution < 1.29 is 60.7 Å². The highest BCUT2D eigenvalue weighted by Gasteiger charge is 2.40. The Balaban J connectivity index is 0.000000208. The summed E-state index contributed by atoms with van der Waals surface area (Å²) in [5, 5.41) is 33.1. The van der Waals surface area contributed by atoms with Gasteiger partial charge in [-0.2, -0.15) is 13.2 Å². The molecular formula is C110H109F3N10O10P2S2. The lowest BCUT2D eigenvalue weighted by Crippen LogP contribution is -2.44. The average molecular weight is 1910 g/mol. The number of ether oxygens (including phenoxy) is 8. The van der Waals surface area contributed by atoms with E-state index < -0.39 is 50.1 Å². The summed E-state index contributed by atoms with van der Waals surface area (Å²) in [4.78, 5) is 26.8. The largest absolute Gasteiger partial charge is 0.497 e. The van der Waals surface area contributed by atoms with Crippen LogP contribution >= 0.6 is 38.5 Å². The van der Waals surface area contributed by atoms with Crippen LogP contribution in [0.3, 0.4) is 0 Å². The molecule has 137 heavy (non-hydrogen) atoms. The Morgan fingerprint density at radius 3 is 0.971 bits per heavy atom. The number of methoxy groups -OCH3 is 6. The van der Waals surface area contributed by atoms with Gasteiger partial charge in [-0.15, -0.1) is 0 Å². The van der Waals surface area contributed by atoms with E-state index >= 15 is 0 Å². The summed E-state index contributed by atoms with van der Waals surface area (Å²) in [6.45, 7) is 10.1. The maximum Gasteiger partial charge on any atom is 0.416 e. The zero-order chi connectivity index (χ0) is 96.3.